The third-order valence-corrected chi connectivity index (χ3v) is 4.71. The van der Waals surface area contributed by atoms with Crippen LogP contribution < -0.4 is 11.1 Å². The van der Waals surface area contributed by atoms with Gasteiger partial charge >= 0.3 is 6.09 Å². The van der Waals surface area contributed by atoms with Crippen LogP contribution >= 0.6 is 34.8 Å². The summed E-state index contributed by atoms with van der Waals surface area (Å²) in [5.41, 5.74) is 6.81. The molecule has 0 radical (unpaired) electrons. The molecule has 0 saturated carbocycles. The molecule has 1 aromatic heterocycles. The van der Waals surface area contributed by atoms with Crippen LogP contribution in [0, 0.1) is 5.41 Å². The van der Waals surface area contributed by atoms with E-state index >= 15 is 0 Å². The van der Waals surface area contributed by atoms with Gasteiger partial charge in [-0.2, -0.15) is 5.10 Å². The van der Waals surface area contributed by atoms with E-state index in [4.69, 9.17) is 54.7 Å². The first kappa shape index (κ1) is 26.7. The molecule has 1 unspecified atom stereocenters. The number of allylic oxidation sites excluding steroid dienone is 1. The highest BCUT2D eigenvalue weighted by atomic mass is 35.6. The number of hydrogen-bond acceptors (Lipinski definition) is 7. The SMILES string of the molecule is CC(C)(C)C(N)=CC(=Nc1cnn(CCOC2CCCCO2)c1)NC(=O)OCC(Cl)(Cl)Cl. The van der Waals surface area contributed by atoms with Gasteiger partial charge in [0, 0.05) is 23.8 Å². The highest BCUT2D eigenvalue weighted by Gasteiger charge is 2.23. The minimum absolute atomic E-state index is 0.156. The van der Waals surface area contributed by atoms with Crippen molar-refractivity contribution in [3.05, 3.63) is 24.2 Å². The molecule has 180 valence electrons. The van der Waals surface area contributed by atoms with Crippen molar-refractivity contribution in [3.8, 4) is 0 Å². The van der Waals surface area contributed by atoms with Crippen molar-refractivity contribution >= 4 is 52.4 Å². The van der Waals surface area contributed by atoms with Gasteiger partial charge in [-0.1, -0.05) is 55.6 Å². The van der Waals surface area contributed by atoms with E-state index in [0.29, 0.717) is 24.5 Å². The summed E-state index contributed by atoms with van der Waals surface area (Å²) < 4.78 is 16.2. The topological polar surface area (TPSA) is 113 Å². The number of carbonyl (C=O) groups excluding carboxylic acids is 1. The maximum atomic E-state index is 12.1. The molecule has 2 heterocycles. The van der Waals surface area contributed by atoms with Crippen LogP contribution in [0.3, 0.4) is 0 Å². The largest absolute Gasteiger partial charge is 0.445 e. The van der Waals surface area contributed by atoms with Gasteiger partial charge in [0.05, 0.1) is 25.5 Å². The van der Waals surface area contributed by atoms with E-state index < -0.39 is 16.5 Å². The van der Waals surface area contributed by atoms with E-state index in [9.17, 15) is 4.79 Å². The van der Waals surface area contributed by atoms with Crippen LogP contribution in [-0.4, -0.2) is 51.6 Å². The standard InChI is InChI=1S/C20H30Cl3N5O4/c1-19(2,3)15(24)10-16(27-18(29)32-13-20(21,22)23)26-14-11-25-28(12-14)7-9-31-17-6-4-5-8-30-17/h10-12,17H,4-9,13,24H2,1-3H3,(H,26,27,29). The lowest BCUT2D eigenvalue weighted by molar-refractivity contribution is -0.163. The molecule has 32 heavy (non-hydrogen) atoms. The van der Waals surface area contributed by atoms with Gasteiger partial charge in [-0.25, -0.2) is 9.79 Å². The molecule has 0 spiro atoms. The quantitative estimate of drug-likeness (QED) is 0.318. The number of halogens is 3. The predicted octanol–water partition coefficient (Wildman–Crippen LogP) is 4.44. The van der Waals surface area contributed by atoms with Gasteiger partial charge in [-0.05, 0) is 19.3 Å². The number of alkyl halides is 3. The lowest BCUT2D eigenvalue weighted by atomic mass is 9.92. The van der Waals surface area contributed by atoms with E-state index in [1.165, 1.54) is 0 Å². The van der Waals surface area contributed by atoms with Crippen LogP contribution in [0.4, 0.5) is 10.5 Å². The molecule has 0 bridgehead atoms. The van der Waals surface area contributed by atoms with Gasteiger partial charge in [0.1, 0.15) is 18.1 Å². The summed E-state index contributed by atoms with van der Waals surface area (Å²) in [5.74, 6) is 0.165. The number of nitrogens with one attached hydrogen (secondary N) is 1. The summed E-state index contributed by atoms with van der Waals surface area (Å²) in [6.07, 6.45) is 6.93. The fourth-order valence-corrected chi connectivity index (χ4v) is 2.70. The van der Waals surface area contributed by atoms with Gasteiger partial charge in [0.25, 0.3) is 0 Å². The fourth-order valence-electron chi connectivity index (χ4n) is 2.54. The van der Waals surface area contributed by atoms with E-state index in [-0.39, 0.29) is 17.5 Å². The second-order valence-electron chi connectivity index (χ2n) is 8.29. The highest BCUT2D eigenvalue weighted by Crippen LogP contribution is 2.26. The average molecular weight is 511 g/mol. The zero-order chi connectivity index (χ0) is 23.8. The summed E-state index contributed by atoms with van der Waals surface area (Å²) in [6, 6.07) is 0. The molecule has 1 aliphatic heterocycles. The average Bonchev–Trinajstić information content (AvgIpc) is 3.13. The number of aromatic nitrogens is 2. The molecule has 1 aliphatic rings. The summed E-state index contributed by atoms with van der Waals surface area (Å²) in [5, 5.41) is 6.78. The Bertz CT molecular complexity index is 809. The molecule has 12 heteroatoms. The van der Waals surface area contributed by atoms with Crippen molar-refractivity contribution in [1.82, 2.24) is 15.1 Å². The van der Waals surface area contributed by atoms with Crippen LogP contribution in [-0.2, 0) is 20.8 Å². The molecule has 1 amide bonds. The number of alkyl carbamates (subject to hydrolysis) is 1. The lowest BCUT2D eigenvalue weighted by Gasteiger charge is -2.22. The zero-order valence-electron chi connectivity index (χ0n) is 18.4. The summed E-state index contributed by atoms with van der Waals surface area (Å²) in [4.78, 5) is 16.5. The zero-order valence-corrected chi connectivity index (χ0v) is 20.7. The first-order chi connectivity index (χ1) is 14.9. The molecular weight excluding hydrogens is 481 g/mol. The maximum absolute atomic E-state index is 12.1. The smallest absolute Gasteiger partial charge is 0.412 e. The number of nitrogens with zero attached hydrogens (tertiary/aromatic N) is 3. The Morgan fingerprint density at radius 2 is 2.16 bits per heavy atom. The van der Waals surface area contributed by atoms with Crippen molar-refractivity contribution in [2.45, 2.75) is 56.7 Å². The Kier molecular flexibility index (Phi) is 10.1. The molecule has 0 aliphatic carbocycles. The molecule has 3 N–H and O–H groups in total. The van der Waals surface area contributed by atoms with Crippen molar-refractivity contribution in [3.63, 3.8) is 0 Å². The van der Waals surface area contributed by atoms with Crippen molar-refractivity contribution in [2.24, 2.45) is 16.1 Å². The minimum atomic E-state index is -1.72. The molecule has 9 nitrogen and oxygen atoms in total. The number of amidine groups is 1. The number of amides is 1. The van der Waals surface area contributed by atoms with Gasteiger partial charge in [-0.3, -0.25) is 10.00 Å². The van der Waals surface area contributed by atoms with Crippen LogP contribution in [0.5, 0.6) is 0 Å². The molecule has 2 rings (SSSR count). The van der Waals surface area contributed by atoms with Crippen molar-refractivity contribution in [2.75, 3.05) is 19.8 Å². The molecule has 1 atom stereocenters. The summed E-state index contributed by atoms with van der Waals surface area (Å²) >= 11 is 16.8. The van der Waals surface area contributed by atoms with Crippen LogP contribution in [0.1, 0.15) is 40.0 Å². The second kappa shape index (κ2) is 12.1. The van der Waals surface area contributed by atoms with Gasteiger partial charge in [-0.15, -0.1) is 0 Å². The van der Waals surface area contributed by atoms with E-state index in [1.54, 1.807) is 23.2 Å². The molecular formula is C20H30Cl3N5O4. The third-order valence-electron chi connectivity index (χ3n) is 4.39. The maximum Gasteiger partial charge on any atom is 0.412 e. The number of nitrogens with two attached hydrogens (primary N) is 1. The highest BCUT2D eigenvalue weighted by molar-refractivity contribution is 6.67. The van der Waals surface area contributed by atoms with Crippen molar-refractivity contribution in [1.29, 1.82) is 0 Å². The third kappa shape index (κ3) is 10.4. The molecule has 0 aromatic carbocycles. The summed E-state index contributed by atoms with van der Waals surface area (Å²) in [6.45, 7) is 7.11. The van der Waals surface area contributed by atoms with Gasteiger partial charge in [0.2, 0.25) is 3.79 Å². The second-order valence-corrected chi connectivity index (χ2v) is 10.8. The van der Waals surface area contributed by atoms with E-state index in [1.807, 2.05) is 20.8 Å². The number of carbonyl (C=O) groups is 1. The Labute approximate surface area is 203 Å². The van der Waals surface area contributed by atoms with E-state index in [2.05, 4.69) is 15.4 Å². The Balaban J connectivity index is 2.04. The number of rotatable bonds is 7. The summed E-state index contributed by atoms with van der Waals surface area (Å²) in [7, 11) is 0. The molecule has 1 saturated heterocycles. The lowest BCUT2D eigenvalue weighted by Crippen LogP contribution is -2.33. The number of aliphatic imine (C=N–C) groups is 1. The predicted molar refractivity (Wildman–Crippen MR) is 125 cm³/mol. The van der Waals surface area contributed by atoms with Crippen LogP contribution in [0.2, 0.25) is 0 Å². The van der Waals surface area contributed by atoms with Crippen molar-refractivity contribution < 1.29 is 19.0 Å². The number of ether oxygens (including phenoxy) is 3. The van der Waals surface area contributed by atoms with Gasteiger partial charge in [0.15, 0.2) is 6.29 Å². The monoisotopic (exact) mass is 509 g/mol. The van der Waals surface area contributed by atoms with Gasteiger partial charge < -0.3 is 19.9 Å². The van der Waals surface area contributed by atoms with E-state index in [0.717, 1.165) is 25.9 Å². The van der Waals surface area contributed by atoms with Crippen LogP contribution in [0.25, 0.3) is 0 Å². The molecule has 1 aromatic rings. The minimum Gasteiger partial charge on any atom is -0.445 e. The first-order valence-corrected chi connectivity index (χ1v) is 11.4. The molecule has 1 fully saturated rings. The Morgan fingerprint density at radius 3 is 2.78 bits per heavy atom. The number of hydrogen-bond donors (Lipinski definition) is 2. The first-order valence-electron chi connectivity index (χ1n) is 10.2. The fraction of sp³-hybridized carbons (Fsp3) is 0.650. The normalized spacial score (nSPS) is 18.5. The Morgan fingerprint density at radius 1 is 1.41 bits per heavy atom. The Hall–Kier alpha value is -1.52. The van der Waals surface area contributed by atoms with Crippen LogP contribution in [0.15, 0.2) is 29.2 Å².